The Hall–Kier alpha value is -1.60. The van der Waals surface area contributed by atoms with E-state index in [2.05, 4.69) is 10.2 Å². The second-order valence-electron chi connectivity index (χ2n) is 7.90. The van der Waals surface area contributed by atoms with E-state index in [-0.39, 0.29) is 5.91 Å². The molecule has 1 aromatic rings. The smallest absolute Gasteiger partial charge is 0.243 e. The quantitative estimate of drug-likeness (QED) is 0.671. The number of hydrogen-bond acceptors (Lipinski definition) is 4. The number of carbonyl (C=O) groups is 1. The number of nitrogens with zero attached hydrogens (tertiary/aromatic N) is 2. The molecule has 1 atom stereocenters. The Labute approximate surface area is 170 Å². The summed E-state index contributed by atoms with van der Waals surface area (Å²) < 4.78 is 26.0. The van der Waals surface area contributed by atoms with Gasteiger partial charge in [-0.3, -0.25) is 9.10 Å². The SMILES string of the molecule is Cc1ccc(N(C(C)C(=O)NCCCN2CCCCCC2)S(C)(=O)=O)cc1C. The van der Waals surface area contributed by atoms with Gasteiger partial charge < -0.3 is 10.2 Å². The lowest BCUT2D eigenvalue weighted by molar-refractivity contribution is -0.121. The molecule has 1 fully saturated rings. The van der Waals surface area contributed by atoms with E-state index in [0.29, 0.717) is 12.2 Å². The molecule has 1 saturated heterocycles. The zero-order valence-electron chi connectivity index (χ0n) is 17.7. The highest BCUT2D eigenvalue weighted by Crippen LogP contribution is 2.23. The molecule has 158 valence electrons. The van der Waals surface area contributed by atoms with Gasteiger partial charge in [0, 0.05) is 6.54 Å². The van der Waals surface area contributed by atoms with Crippen LogP contribution in [0.1, 0.15) is 50.2 Å². The molecule has 1 heterocycles. The second-order valence-corrected chi connectivity index (χ2v) is 9.76. The number of carbonyl (C=O) groups excluding carboxylic acids is 1. The standard InChI is InChI=1S/C21H35N3O3S/c1-17-10-11-20(16-18(17)2)24(28(4,26)27)19(3)21(25)22-12-9-15-23-13-7-5-6-8-14-23/h10-11,16,19H,5-9,12-15H2,1-4H3,(H,22,25). The Balaban J connectivity index is 1.94. The van der Waals surface area contributed by atoms with Gasteiger partial charge in [0.1, 0.15) is 6.04 Å². The average Bonchev–Trinajstić information content (AvgIpc) is 2.89. The summed E-state index contributed by atoms with van der Waals surface area (Å²) in [5.74, 6) is -0.264. The first-order chi connectivity index (χ1) is 13.2. The maximum absolute atomic E-state index is 12.6. The fourth-order valence-electron chi connectivity index (χ4n) is 3.69. The fourth-order valence-corrected chi connectivity index (χ4v) is 4.86. The molecule has 0 aliphatic carbocycles. The monoisotopic (exact) mass is 409 g/mol. The van der Waals surface area contributed by atoms with Gasteiger partial charge in [-0.2, -0.15) is 0 Å². The number of likely N-dealkylation sites (tertiary alicyclic amines) is 1. The normalized spacial score (nSPS) is 17.0. The third kappa shape index (κ3) is 6.48. The van der Waals surface area contributed by atoms with Gasteiger partial charge in [0.2, 0.25) is 15.9 Å². The summed E-state index contributed by atoms with van der Waals surface area (Å²) >= 11 is 0. The first kappa shape index (κ1) is 22.7. The Morgan fingerprint density at radius 1 is 1.14 bits per heavy atom. The third-order valence-corrected chi connectivity index (χ3v) is 6.72. The first-order valence-corrected chi connectivity index (χ1v) is 12.1. The molecule has 0 bridgehead atoms. The third-order valence-electron chi connectivity index (χ3n) is 5.48. The van der Waals surface area contributed by atoms with Crippen LogP contribution in [0.3, 0.4) is 0 Å². The molecular weight excluding hydrogens is 374 g/mol. The van der Waals surface area contributed by atoms with Crippen LogP contribution in [0.4, 0.5) is 5.69 Å². The van der Waals surface area contributed by atoms with Crippen LogP contribution in [0.25, 0.3) is 0 Å². The lowest BCUT2D eigenvalue weighted by Crippen LogP contribution is -2.48. The Morgan fingerprint density at radius 3 is 2.36 bits per heavy atom. The lowest BCUT2D eigenvalue weighted by atomic mass is 10.1. The van der Waals surface area contributed by atoms with Gasteiger partial charge in [0.15, 0.2) is 0 Å². The minimum atomic E-state index is -3.58. The number of anilines is 1. The topological polar surface area (TPSA) is 69.7 Å². The number of benzene rings is 1. The van der Waals surface area contributed by atoms with Crippen LogP contribution in [-0.4, -0.2) is 57.7 Å². The summed E-state index contributed by atoms with van der Waals surface area (Å²) in [6.45, 7) is 9.36. The predicted octanol–water partition coefficient (Wildman–Crippen LogP) is 2.84. The van der Waals surface area contributed by atoms with E-state index in [1.165, 1.54) is 30.0 Å². The van der Waals surface area contributed by atoms with Gasteiger partial charge in [0.25, 0.3) is 0 Å². The molecule has 7 heteroatoms. The maximum atomic E-state index is 12.6. The summed E-state index contributed by atoms with van der Waals surface area (Å²) in [7, 11) is -3.58. The van der Waals surface area contributed by atoms with E-state index in [9.17, 15) is 13.2 Å². The van der Waals surface area contributed by atoms with E-state index in [4.69, 9.17) is 0 Å². The van der Waals surface area contributed by atoms with Crippen molar-refractivity contribution in [2.75, 3.05) is 36.7 Å². The molecule has 28 heavy (non-hydrogen) atoms. The minimum Gasteiger partial charge on any atom is -0.354 e. The van der Waals surface area contributed by atoms with Crippen LogP contribution >= 0.6 is 0 Å². The van der Waals surface area contributed by atoms with Crippen molar-refractivity contribution >= 4 is 21.6 Å². The number of aryl methyl sites for hydroxylation is 2. The van der Waals surface area contributed by atoms with Crippen LogP contribution in [0, 0.1) is 13.8 Å². The van der Waals surface area contributed by atoms with Crippen molar-refractivity contribution in [2.24, 2.45) is 0 Å². The van der Waals surface area contributed by atoms with Gasteiger partial charge in [-0.25, -0.2) is 8.42 Å². The summed E-state index contributed by atoms with van der Waals surface area (Å²) in [5, 5.41) is 2.91. The van der Waals surface area contributed by atoms with E-state index >= 15 is 0 Å². The zero-order valence-corrected chi connectivity index (χ0v) is 18.5. The summed E-state index contributed by atoms with van der Waals surface area (Å²) in [6, 6.07) is 4.66. The van der Waals surface area contributed by atoms with Gasteiger partial charge in [-0.1, -0.05) is 18.9 Å². The van der Waals surface area contributed by atoms with Crippen LogP contribution in [0.2, 0.25) is 0 Å². The van der Waals surface area contributed by atoms with Crippen molar-refractivity contribution in [3.8, 4) is 0 Å². The molecular formula is C21H35N3O3S. The van der Waals surface area contributed by atoms with Crippen molar-refractivity contribution in [3.05, 3.63) is 29.3 Å². The van der Waals surface area contributed by atoms with E-state index in [0.717, 1.165) is 43.4 Å². The van der Waals surface area contributed by atoms with Crippen molar-refractivity contribution < 1.29 is 13.2 Å². The van der Waals surface area contributed by atoms with Crippen LogP contribution in [0.5, 0.6) is 0 Å². The van der Waals surface area contributed by atoms with Crippen LogP contribution in [0.15, 0.2) is 18.2 Å². The van der Waals surface area contributed by atoms with E-state index in [1.54, 1.807) is 13.0 Å². The number of amides is 1. The second kappa shape index (κ2) is 10.3. The Bertz CT molecular complexity index is 756. The fraction of sp³-hybridized carbons (Fsp3) is 0.667. The first-order valence-electron chi connectivity index (χ1n) is 10.3. The molecule has 1 N–H and O–H groups in total. The highest BCUT2D eigenvalue weighted by atomic mass is 32.2. The number of sulfonamides is 1. The molecule has 1 unspecified atom stereocenters. The average molecular weight is 410 g/mol. The maximum Gasteiger partial charge on any atom is 0.243 e. The summed E-state index contributed by atoms with van der Waals surface area (Å²) in [4.78, 5) is 15.1. The minimum absolute atomic E-state index is 0.264. The molecule has 6 nitrogen and oxygen atoms in total. The molecule has 0 radical (unpaired) electrons. The van der Waals surface area contributed by atoms with Crippen LogP contribution in [-0.2, 0) is 14.8 Å². The molecule has 1 aliphatic rings. The molecule has 0 spiro atoms. The van der Waals surface area contributed by atoms with Crippen molar-refractivity contribution in [1.82, 2.24) is 10.2 Å². The molecule has 0 saturated carbocycles. The molecule has 1 amide bonds. The van der Waals surface area contributed by atoms with Gasteiger partial charge in [-0.15, -0.1) is 0 Å². The molecule has 1 aliphatic heterocycles. The lowest BCUT2D eigenvalue weighted by Gasteiger charge is -2.29. The summed E-state index contributed by atoms with van der Waals surface area (Å²) in [5.41, 5.74) is 2.61. The van der Waals surface area contributed by atoms with Crippen LogP contribution < -0.4 is 9.62 Å². The van der Waals surface area contributed by atoms with Gasteiger partial charge in [0.05, 0.1) is 11.9 Å². The van der Waals surface area contributed by atoms with Crippen molar-refractivity contribution in [1.29, 1.82) is 0 Å². The molecule has 2 rings (SSSR count). The van der Waals surface area contributed by atoms with E-state index < -0.39 is 16.1 Å². The van der Waals surface area contributed by atoms with Gasteiger partial charge >= 0.3 is 0 Å². The van der Waals surface area contributed by atoms with E-state index in [1.807, 2.05) is 26.0 Å². The largest absolute Gasteiger partial charge is 0.354 e. The zero-order chi connectivity index (χ0) is 20.7. The number of nitrogens with one attached hydrogen (secondary N) is 1. The highest BCUT2D eigenvalue weighted by molar-refractivity contribution is 7.92. The molecule has 0 aromatic heterocycles. The Morgan fingerprint density at radius 2 is 1.79 bits per heavy atom. The van der Waals surface area contributed by atoms with Crippen molar-refractivity contribution in [3.63, 3.8) is 0 Å². The highest BCUT2D eigenvalue weighted by Gasteiger charge is 2.29. The Kier molecular flexibility index (Phi) is 8.31. The molecule has 1 aromatic carbocycles. The predicted molar refractivity (Wildman–Crippen MR) is 115 cm³/mol. The number of rotatable bonds is 8. The van der Waals surface area contributed by atoms with Crippen molar-refractivity contribution in [2.45, 2.75) is 58.9 Å². The summed E-state index contributed by atoms with van der Waals surface area (Å²) in [6.07, 6.45) is 7.15. The van der Waals surface area contributed by atoms with Gasteiger partial charge in [-0.05, 0) is 82.9 Å². The number of hydrogen-bond donors (Lipinski definition) is 1.